The molecular weight excluding hydrogens is 340 g/mol. The van der Waals surface area contributed by atoms with Crippen LogP contribution in [0, 0.1) is 5.82 Å². The van der Waals surface area contributed by atoms with Crippen LogP contribution in [0.15, 0.2) is 36.5 Å². The van der Waals surface area contributed by atoms with E-state index in [4.69, 9.17) is 32.7 Å². The second kappa shape index (κ2) is 6.22. The molecule has 0 saturated carbocycles. The molecule has 0 amide bonds. The molecule has 3 aromatic rings. The van der Waals surface area contributed by atoms with E-state index in [9.17, 15) is 4.39 Å². The zero-order valence-electron chi connectivity index (χ0n) is 12.4. The van der Waals surface area contributed by atoms with Crippen LogP contribution in [0.25, 0.3) is 21.9 Å². The summed E-state index contributed by atoms with van der Waals surface area (Å²) < 4.78 is 25.0. The van der Waals surface area contributed by atoms with E-state index in [-0.39, 0.29) is 16.3 Å². The van der Waals surface area contributed by atoms with Crippen molar-refractivity contribution in [2.45, 2.75) is 0 Å². The van der Waals surface area contributed by atoms with Gasteiger partial charge in [0.25, 0.3) is 0 Å². The molecule has 0 fully saturated rings. The van der Waals surface area contributed by atoms with Crippen molar-refractivity contribution in [3.8, 4) is 22.6 Å². The molecule has 2 aromatic carbocycles. The van der Waals surface area contributed by atoms with Crippen LogP contribution < -0.4 is 9.47 Å². The Morgan fingerprint density at radius 2 is 1.70 bits per heavy atom. The Balaban J connectivity index is 2.27. The summed E-state index contributed by atoms with van der Waals surface area (Å²) in [6, 6.07) is 8.55. The second-order valence-corrected chi connectivity index (χ2v) is 5.62. The van der Waals surface area contributed by atoms with Crippen molar-refractivity contribution in [1.82, 2.24) is 4.98 Å². The highest BCUT2D eigenvalue weighted by molar-refractivity contribution is 6.35. The summed E-state index contributed by atoms with van der Waals surface area (Å²) >= 11 is 12.2. The van der Waals surface area contributed by atoms with Crippen LogP contribution in [0.4, 0.5) is 4.39 Å². The van der Waals surface area contributed by atoms with Crippen LogP contribution in [0.5, 0.6) is 11.5 Å². The number of rotatable bonds is 3. The van der Waals surface area contributed by atoms with Crippen molar-refractivity contribution < 1.29 is 13.9 Å². The maximum Gasteiger partial charge on any atom is 0.174 e. The van der Waals surface area contributed by atoms with Gasteiger partial charge in [0.05, 0.1) is 19.2 Å². The third-order valence-electron chi connectivity index (χ3n) is 3.55. The second-order valence-electron chi connectivity index (χ2n) is 4.85. The van der Waals surface area contributed by atoms with Crippen molar-refractivity contribution in [1.29, 1.82) is 0 Å². The minimum Gasteiger partial charge on any atom is -0.495 e. The van der Waals surface area contributed by atoms with E-state index in [1.165, 1.54) is 20.3 Å². The van der Waals surface area contributed by atoms with Crippen LogP contribution in [0.1, 0.15) is 0 Å². The van der Waals surface area contributed by atoms with Gasteiger partial charge in [-0.1, -0.05) is 35.3 Å². The molecule has 0 aliphatic heterocycles. The lowest BCUT2D eigenvalue weighted by Gasteiger charge is -2.14. The average Bonchev–Trinajstić information content (AvgIpc) is 2.55. The molecular formula is C17H12Cl2FNO2. The monoisotopic (exact) mass is 351 g/mol. The first-order valence-electron chi connectivity index (χ1n) is 6.70. The maximum atomic E-state index is 14.7. The van der Waals surface area contributed by atoms with Crippen LogP contribution in [-0.2, 0) is 0 Å². The fourth-order valence-electron chi connectivity index (χ4n) is 2.41. The maximum absolute atomic E-state index is 14.7. The standard InChI is InChI=1S/C17H12Cl2FNO2/c1-22-12-7-13(23-2)17(20)15(16(12)19)10-4-3-9-6-14(18)21-8-11(9)5-10/h3-8H,1-2H3. The highest BCUT2D eigenvalue weighted by atomic mass is 35.5. The van der Waals surface area contributed by atoms with E-state index >= 15 is 0 Å². The molecule has 1 aromatic heterocycles. The summed E-state index contributed by atoms with van der Waals surface area (Å²) in [5.74, 6) is -0.135. The van der Waals surface area contributed by atoms with E-state index in [2.05, 4.69) is 4.98 Å². The lowest BCUT2D eigenvalue weighted by atomic mass is 10.0. The first kappa shape index (κ1) is 15.8. The van der Waals surface area contributed by atoms with E-state index < -0.39 is 5.82 Å². The first-order valence-corrected chi connectivity index (χ1v) is 7.46. The fourth-order valence-corrected chi connectivity index (χ4v) is 2.90. The van der Waals surface area contributed by atoms with Gasteiger partial charge in [-0.3, -0.25) is 0 Å². The lowest BCUT2D eigenvalue weighted by Crippen LogP contribution is -1.96. The minimum absolute atomic E-state index is 0.0654. The van der Waals surface area contributed by atoms with Gasteiger partial charge in [-0.2, -0.15) is 0 Å². The molecule has 0 saturated heterocycles. The SMILES string of the molecule is COc1cc(OC)c(Cl)c(-c2ccc3cc(Cl)ncc3c2)c1F. The molecule has 0 bridgehead atoms. The van der Waals surface area contributed by atoms with Gasteiger partial charge >= 0.3 is 0 Å². The number of fused-ring (bicyclic) bond motifs is 1. The van der Waals surface area contributed by atoms with E-state index in [0.29, 0.717) is 16.5 Å². The number of aromatic nitrogens is 1. The van der Waals surface area contributed by atoms with Crippen molar-refractivity contribution in [3.05, 3.63) is 52.5 Å². The van der Waals surface area contributed by atoms with Gasteiger partial charge in [0, 0.05) is 23.2 Å². The fraction of sp³-hybridized carbons (Fsp3) is 0.118. The number of hydrogen-bond donors (Lipinski definition) is 0. The Morgan fingerprint density at radius 3 is 2.39 bits per heavy atom. The Kier molecular flexibility index (Phi) is 4.28. The molecule has 0 spiro atoms. The Morgan fingerprint density at radius 1 is 0.957 bits per heavy atom. The zero-order valence-corrected chi connectivity index (χ0v) is 13.9. The Labute approximate surface area is 142 Å². The normalized spacial score (nSPS) is 10.8. The topological polar surface area (TPSA) is 31.4 Å². The molecule has 3 rings (SSSR count). The molecule has 118 valence electrons. The molecule has 23 heavy (non-hydrogen) atoms. The molecule has 3 nitrogen and oxygen atoms in total. The number of ether oxygens (including phenoxy) is 2. The van der Waals surface area contributed by atoms with E-state index in [1.807, 2.05) is 6.07 Å². The molecule has 1 heterocycles. The van der Waals surface area contributed by atoms with Crippen molar-refractivity contribution in [2.75, 3.05) is 14.2 Å². The summed E-state index contributed by atoms with van der Waals surface area (Å²) in [5.41, 5.74) is 0.820. The van der Waals surface area contributed by atoms with Gasteiger partial charge in [-0.05, 0) is 23.1 Å². The van der Waals surface area contributed by atoms with Gasteiger partial charge in [0.15, 0.2) is 11.6 Å². The predicted octanol–water partition coefficient (Wildman–Crippen LogP) is 5.36. The number of pyridine rings is 1. The summed E-state index contributed by atoms with van der Waals surface area (Å²) in [6.07, 6.45) is 1.63. The molecule has 6 heteroatoms. The zero-order chi connectivity index (χ0) is 16.6. The van der Waals surface area contributed by atoms with Gasteiger partial charge in [-0.15, -0.1) is 0 Å². The molecule has 0 aliphatic carbocycles. The largest absolute Gasteiger partial charge is 0.495 e. The number of nitrogens with zero attached hydrogens (tertiary/aromatic N) is 1. The first-order chi connectivity index (χ1) is 11.0. The predicted molar refractivity (Wildman–Crippen MR) is 90.3 cm³/mol. The number of benzene rings is 2. The number of methoxy groups -OCH3 is 2. The highest BCUT2D eigenvalue weighted by Gasteiger charge is 2.20. The third kappa shape index (κ3) is 2.80. The molecule has 0 N–H and O–H groups in total. The van der Waals surface area contributed by atoms with Gasteiger partial charge < -0.3 is 9.47 Å². The smallest absolute Gasteiger partial charge is 0.174 e. The van der Waals surface area contributed by atoms with Crippen molar-refractivity contribution in [3.63, 3.8) is 0 Å². The summed E-state index contributed by atoms with van der Waals surface area (Å²) in [5, 5.41) is 2.31. The van der Waals surface area contributed by atoms with Gasteiger partial charge in [-0.25, -0.2) is 9.37 Å². The van der Waals surface area contributed by atoms with Crippen molar-refractivity contribution >= 4 is 34.0 Å². The molecule has 0 aliphatic rings. The van der Waals surface area contributed by atoms with Crippen molar-refractivity contribution in [2.24, 2.45) is 0 Å². The Bertz CT molecular complexity index is 871. The van der Waals surface area contributed by atoms with Crippen LogP contribution >= 0.6 is 23.2 Å². The van der Waals surface area contributed by atoms with E-state index in [0.717, 1.165) is 10.8 Å². The third-order valence-corrected chi connectivity index (χ3v) is 4.13. The number of halogens is 3. The summed E-state index contributed by atoms with van der Waals surface area (Å²) in [6.45, 7) is 0. The average molecular weight is 352 g/mol. The lowest BCUT2D eigenvalue weighted by molar-refractivity contribution is 0.375. The molecule has 0 atom stereocenters. The quantitative estimate of drug-likeness (QED) is 0.594. The highest BCUT2D eigenvalue weighted by Crippen LogP contribution is 2.42. The molecule has 0 radical (unpaired) electrons. The van der Waals surface area contributed by atoms with Gasteiger partial charge in [0.2, 0.25) is 0 Å². The molecule has 0 unspecified atom stereocenters. The van der Waals surface area contributed by atoms with Crippen LogP contribution in [0.2, 0.25) is 10.2 Å². The summed E-state index contributed by atoms with van der Waals surface area (Å²) in [4.78, 5) is 4.04. The number of hydrogen-bond acceptors (Lipinski definition) is 3. The van der Waals surface area contributed by atoms with E-state index in [1.54, 1.807) is 24.4 Å². The minimum atomic E-state index is -0.542. The van der Waals surface area contributed by atoms with Gasteiger partial charge in [0.1, 0.15) is 10.9 Å². The van der Waals surface area contributed by atoms with Crippen LogP contribution in [-0.4, -0.2) is 19.2 Å². The Hall–Kier alpha value is -2.04. The van der Waals surface area contributed by atoms with Crippen LogP contribution in [0.3, 0.4) is 0 Å². The summed E-state index contributed by atoms with van der Waals surface area (Å²) in [7, 11) is 2.86.